The zero-order chi connectivity index (χ0) is 9.68. The van der Waals surface area contributed by atoms with Gasteiger partial charge in [0.25, 0.3) is 0 Å². The molecule has 3 nitrogen and oxygen atoms in total. The first-order valence-corrected chi connectivity index (χ1v) is 5.45. The van der Waals surface area contributed by atoms with Crippen molar-refractivity contribution in [2.24, 2.45) is 0 Å². The third-order valence-electron chi connectivity index (χ3n) is 1.77. The molecule has 1 aromatic rings. The summed E-state index contributed by atoms with van der Waals surface area (Å²) >= 11 is 1.26. The van der Waals surface area contributed by atoms with Crippen LogP contribution in [0.15, 0.2) is 16.4 Å². The van der Waals surface area contributed by atoms with E-state index in [2.05, 4.69) is 19.2 Å². The van der Waals surface area contributed by atoms with Crippen molar-refractivity contribution in [2.45, 2.75) is 32.9 Å². The van der Waals surface area contributed by atoms with Gasteiger partial charge in [0.05, 0.1) is 0 Å². The quantitative estimate of drug-likeness (QED) is 0.727. The molecule has 13 heavy (non-hydrogen) atoms. The molecule has 0 aliphatic carbocycles. The second kappa shape index (κ2) is 5.19. The molecule has 0 amide bonds. The normalized spacial score (nSPS) is 11.0. The van der Waals surface area contributed by atoms with Crippen molar-refractivity contribution in [3.8, 4) is 0 Å². The molecule has 0 aliphatic heterocycles. The van der Waals surface area contributed by atoms with Crippen molar-refractivity contribution in [1.82, 2.24) is 9.88 Å². The monoisotopic (exact) mass is 200 g/mol. The Morgan fingerprint density at radius 3 is 2.92 bits per heavy atom. The zero-order valence-corrected chi connectivity index (χ0v) is 8.93. The third-order valence-corrected chi connectivity index (χ3v) is 2.47. The highest BCUT2D eigenvalue weighted by atomic mass is 32.1. The predicted molar refractivity (Wildman–Crippen MR) is 56.3 cm³/mol. The van der Waals surface area contributed by atoms with Crippen LogP contribution in [0.1, 0.15) is 20.3 Å². The van der Waals surface area contributed by atoms with Crippen LogP contribution in [0.3, 0.4) is 0 Å². The van der Waals surface area contributed by atoms with Crippen LogP contribution in [0.5, 0.6) is 0 Å². The molecule has 0 radical (unpaired) electrons. The van der Waals surface area contributed by atoms with E-state index in [9.17, 15) is 4.79 Å². The molecular weight excluding hydrogens is 184 g/mol. The molecule has 1 N–H and O–H groups in total. The van der Waals surface area contributed by atoms with Gasteiger partial charge in [-0.25, -0.2) is 0 Å². The highest BCUT2D eigenvalue weighted by Gasteiger charge is 1.96. The minimum atomic E-state index is 0.143. The lowest BCUT2D eigenvalue weighted by Gasteiger charge is -2.07. The molecule has 0 saturated carbocycles. The lowest BCUT2D eigenvalue weighted by atomic mass is 10.3. The van der Waals surface area contributed by atoms with Crippen LogP contribution in [0.25, 0.3) is 0 Å². The number of nitrogens with one attached hydrogen (secondary N) is 1. The first-order chi connectivity index (χ1) is 6.20. The summed E-state index contributed by atoms with van der Waals surface area (Å²) in [4.78, 5) is 11.3. The average molecular weight is 200 g/mol. The molecule has 0 bridgehead atoms. The first kappa shape index (κ1) is 10.5. The van der Waals surface area contributed by atoms with Crippen molar-refractivity contribution in [2.75, 3.05) is 6.54 Å². The maximum atomic E-state index is 11.1. The van der Waals surface area contributed by atoms with Crippen LogP contribution < -0.4 is 10.2 Å². The van der Waals surface area contributed by atoms with Crippen molar-refractivity contribution in [3.63, 3.8) is 0 Å². The van der Waals surface area contributed by atoms with Gasteiger partial charge in [-0.2, -0.15) is 0 Å². The number of thiazole rings is 1. The maximum absolute atomic E-state index is 11.1. The summed E-state index contributed by atoms with van der Waals surface area (Å²) < 4.78 is 1.76. The molecule has 1 heterocycles. The fourth-order valence-corrected chi connectivity index (χ4v) is 1.71. The molecule has 0 aromatic carbocycles. The molecular formula is C9H16N2OS. The highest BCUT2D eigenvalue weighted by Crippen LogP contribution is 1.91. The Morgan fingerprint density at radius 2 is 2.38 bits per heavy atom. The average Bonchev–Trinajstić information content (AvgIpc) is 2.45. The topological polar surface area (TPSA) is 34.0 Å². The summed E-state index contributed by atoms with van der Waals surface area (Å²) in [5.74, 6) is 0. The van der Waals surface area contributed by atoms with Gasteiger partial charge in [-0.05, 0) is 13.0 Å². The van der Waals surface area contributed by atoms with Gasteiger partial charge in [0.1, 0.15) is 0 Å². The highest BCUT2D eigenvalue weighted by molar-refractivity contribution is 7.07. The number of aryl methyl sites for hydroxylation is 1. The number of rotatable bonds is 5. The maximum Gasteiger partial charge on any atom is 0.307 e. The second-order valence-electron chi connectivity index (χ2n) is 3.32. The van der Waals surface area contributed by atoms with Gasteiger partial charge in [0.15, 0.2) is 0 Å². The summed E-state index contributed by atoms with van der Waals surface area (Å²) in [6.45, 7) is 6.04. The summed E-state index contributed by atoms with van der Waals surface area (Å²) in [6, 6.07) is 0.527. The van der Waals surface area contributed by atoms with Crippen molar-refractivity contribution >= 4 is 11.3 Å². The van der Waals surface area contributed by atoms with Crippen molar-refractivity contribution in [3.05, 3.63) is 21.2 Å². The first-order valence-electron chi connectivity index (χ1n) is 4.57. The minimum Gasteiger partial charge on any atom is -0.314 e. The Morgan fingerprint density at radius 1 is 1.62 bits per heavy atom. The van der Waals surface area contributed by atoms with Crippen LogP contribution in [-0.4, -0.2) is 17.2 Å². The van der Waals surface area contributed by atoms with Crippen LogP contribution in [0.2, 0.25) is 0 Å². The van der Waals surface area contributed by atoms with Crippen LogP contribution in [0.4, 0.5) is 0 Å². The van der Waals surface area contributed by atoms with Crippen LogP contribution in [-0.2, 0) is 6.54 Å². The van der Waals surface area contributed by atoms with E-state index in [4.69, 9.17) is 0 Å². The molecule has 4 heteroatoms. The van der Waals surface area contributed by atoms with Crippen molar-refractivity contribution < 1.29 is 0 Å². The van der Waals surface area contributed by atoms with E-state index in [1.165, 1.54) is 11.3 Å². The molecule has 1 aromatic heterocycles. The van der Waals surface area contributed by atoms with E-state index in [1.54, 1.807) is 4.57 Å². The molecule has 0 aliphatic rings. The van der Waals surface area contributed by atoms with Crippen LogP contribution >= 0.6 is 11.3 Å². The van der Waals surface area contributed by atoms with E-state index < -0.39 is 0 Å². The van der Waals surface area contributed by atoms with E-state index >= 15 is 0 Å². The number of nitrogens with zero attached hydrogens (tertiary/aromatic N) is 1. The van der Waals surface area contributed by atoms with Gasteiger partial charge in [-0.1, -0.05) is 25.2 Å². The third kappa shape index (κ3) is 3.74. The molecule has 74 valence electrons. The number of aromatic nitrogens is 1. The van der Waals surface area contributed by atoms with Gasteiger partial charge in [-0.15, -0.1) is 0 Å². The predicted octanol–water partition coefficient (Wildman–Crippen LogP) is 1.30. The summed E-state index contributed by atoms with van der Waals surface area (Å²) in [7, 11) is 0. The van der Waals surface area contributed by atoms with Gasteiger partial charge in [0.2, 0.25) is 0 Å². The molecule has 0 unspecified atom stereocenters. The fourth-order valence-electron chi connectivity index (χ4n) is 1.10. The van der Waals surface area contributed by atoms with Gasteiger partial charge in [0, 0.05) is 24.2 Å². The van der Waals surface area contributed by atoms with E-state index in [-0.39, 0.29) is 4.87 Å². The minimum absolute atomic E-state index is 0.143. The fraction of sp³-hybridized carbons (Fsp3) is 0.667. The van der Waals surface area contributed by atoms with Gasteiger partial charge in [-0.3, -0.25) is 4.79 Å². The zero-order valence-electron chi connectivity index (χ0n) is 8.12. The largest absolute Gasteiger partial charge is 0.314 e. The molecule has 0 fully saturated rings. The van der Waals surface area contributed by atoms with Gasteiger partial charge >= 0.3 is 4.87 Å². The van der Waals surface area contributed by atoms with E-state index in [0.29, 0.717) is 6.04 Å². The Kier molecular flexibility index (Phi) is 4.18. The summed E-state index contributed by atoms with van der Waals surface area (Å²) in [5, 5.41) is 5.15. The standard InChI is InChI=1S/C9H16N2OS/c1-8(2)10-4-3-5-11-6-7-13-9(11)12/h6-8,10H,3-5H2,1-2H3. The Labute approximate surface area is 82.4 Å². The second-order valence-corrected chi connectivity index (χ2v) is 4.18. The Balaban J connectivity index is 2.21. The SMILES string of the molecule is CC(C)NCCCn1ccsc1=O. The number of hydrogen-bond donors (Lipinski definition) is 1. The summed E-state index contributed by atoms with van der Waals surface area (Å²) in [6.07, 6.45) is 2.86. The molecule has 1 rings (SSSR count). The van der Waals surface area contributed by atoms with E-state index in [0.717, 1.165) is 19.5 Å². The lowest BCUT2D eigenvalue weighted by Crippen LogP contribution is -2.25. The van der Waals surface area contributed by atoms with E-state index in [1.807, 2.05) is 11.6 Å². The molecule has 0 atom stereocenters. The molecule has 0 spiro atoms. The Hall–Kier alpha value is -0.610. The number of hydrogen-bond acceptors (Lipinski definition) is 3. The smallest absolute Gasteiger partial charge is 0.307 e. The molecule has 0 saturated heterocycles. The Bertz CT molecular complexity index is 290. The van der Waals surface area contributed by atoms with Crippen LogP contribution in [0, 0.1) is 0 Å². The van der Waals surface area contributed by atoms with Gasteiger partial charge < -0.3 is 9.88 Å². The van der Waals surface area contributed by atoms with Crippen molar-refractivity contribution in [1.29, 1.82) is 0 Å². The lowest BCUT2D eigenvalue weighted by molar-refractivity contribution is 0.533. The summed E-state index contributed by atoms with van der Waals surface area (Å²) in [5.41, 5.74) is 0.